The second-order valence-corrected chi connectivity index (χ2v) is 7.02. The molecule has 2 rings (SSSR count). The average Bonchev–Trinajstić information content (AvgIpc) is 2.75. The highest BCUT2D eigenvalue weighted by Crippen LogP contribution is 2.34. The highest BCUT2D eigenvalue weighted by atomic mass is 127. The van der Waals surface area contributed by atoms with E-state index in [0.29, 0.717) is 0 Å². The van der Waals surface area contributed by atoms with Crippen LogP contribution in [0.15, 0.2) is 29.6 Å². The fraction of sp³-hybridized carbons (Fsp3) is 0.231. The number of alkyl halides is 1. The first kappa shape index (κ1) is 13.2. The summed E-state index contributed by atoms with van der Waals surface area (Å²) in [4.78, 5) is 0. The van der Waals surface area contributed by atoms with Crippen molar-refractivity contribution in [2.45, 2.75) is 12.3 Å². The Kier molecular flexibility index (Phi) is 4.33. The summed E-state index contributed by atoms with van der Waals surface area (Å²) in [5.41, 5.74) is 3.38. The number of aryl methyl sites for hydroxylation is 1. The third kappa shape index (κ3) is 2.95. The Hall–Kier alpha value is -0.260. The van der Waals surface area contributed by atoms with Crippen molar-refractivity contribution in [3.8, 4) is 5.75 Å². The van der Waals surface area contributed by atoms with Crippen LogP contribution < -0.4 is 4.74 Å². The van der Waals surface area contributed by atoms with E-state index in [4.69, 9.17) is 16.3 Å². The standard InChI is InChI=1S/C13H12ClIOS/c1-8-5-9(3-4-11(8)16-2)13(14)10-6-12(15)17-7-10/h3-7,13H,1-2H3. The van der Waals surface area contributed by atoms with Gasteiger partial charge in [0.1, 0.15) is 5.75 Å². The van der Waals surface area contributed by atoms with Gasteiger partial charge in [0.2, 0.25) is 0 Å². The van der Waals surface area contributed by atoms with Crippen LogP contribution in [-0.2, 0) is 0 Å². The van der Waals surface area contributed by atoms with Crippen molar-refractivity contribution in [2.75, 3.05) is 7.11 Å². The molecule has 4 heteroatoms. The monoisotopic (exact) mass is 378 g/mol. The van der Waals surface area contributed by atoms with Gasteiger partial charge in [0.05, 0.1) is 15.4 Å². The molecule has 0 radical (unpaired) electrons. The van der Waals surface area contributed by atoms with Gasteiger partial charge in [-0.3, -0.25) is 0 Å². The molecule has 1 nitrogen and oxygen atoms in total. The van der Waals surface area contributed by atoms with Crippen LogP contribution in [0.1, 0.15) is 22.1 Å². The summed E-state index contributed by atoms with van der Waals surface area (Å²) in [6, 6.07) is 8.20. The molecule has 0 fully saturated rings. The van der Waals surface area contributed by atoms with Crippen LogP contribution >= 0.6 is 45.5 Å². The zero-order valence-electron chi connectivity index (χ0n) is 9.54. The molecule has 0 spiro atoms. The van der Waals surface area contributed by atoms with Crippen molar-refractivity contribution in [3.63, 3.8) is 0 Å². The molecule has 1 aromatic carbocycles. The lowest BCUT2D eigenvalue weighted by Gasteiger charge is -2.11. The Bertz CT molecular complexity index is 524. The van der Waals surface area contributed by atoms with E-state index in [2.05, 4.69) is 40.1 Å². The maximum atomic E-state index is 6.47. The fourth-order valence-electron chi connectivity index (χ4n) is 1.71. The Morgan fingerprint density at radius 3 is 2.59 bits per heavy atom. The highest BCUT2D eigenvalue weighted by Gasteiger charge is 2.13. The number of halogens is 2. The first-order valence-electron chi connectivity index (χ1n) is 5.14. The summed E-state index contributed by atoms with van der Waals surface area (Å²) in [6.07, 6.45) is 0. The summed E-state index contributed by atoms with van der Waals surface area (Å²) < 4.78 is 6.51. The number of benzene rings is 1. The topological polar surface area (TPSA) is 9.23 Å². The largest absolute Gasteiger partial charge is 0.496 e. The van der Waals surface area contributed by atoms with Crippen LogP contribution in [0.25, 0.3) is 0 Å². The maximum Gasteiger partial charge on any atom is 0.121 e. The molecule has 0 saturated heterocycles. The van der Waals surface area contributed by atoms with Gasteiger partial charge in [-0.05, 0) is 63.7 Å². The minimum atomic E-state index is -0.0839. The van der Waals surface area contributed by atoms with Crippen LogP contribution in [0.4, 0.5) is 0 Å². The van der Waals surface area contributed by atoms with Gasteiger partial charge in [-0.15, -0.1) is 22.9 Å². The molecule has 0 aliphatic rings. The molecule has 17 heavy (non-hydrogen) atoms. The SMILES string of the molecule is COc1ccc(C(Cl)c2csc(I)c2)cc1C. The van der Waals surface area contributed by atoms with E-state index < -0.39 is 0 Å². The van der Waals surface area contributed by atoms with Gasteiger partial charge in [-0.25, -0.2) is 0 Å². The van der Waals surface area contributed by atoms with Crippen molar-refractivity contribution < 1.29 is 4.74 Å². The second kappa shape index (κ2) is 5.59. The normalized spacial score (nSPS) is 12.5. The number of rotatable bonds is 3. The lowest BCUT2D eigenvalue weighted by atomic mass is 10.0. The average molecular weight is 379 g/mol. The summed E-state index contributed by atoms with van der Waals surface area (Å²) in [7, 11) is 1.68. The van der Waals surface area contributed by atoms with E-state index in [0.717, 1.165) is 22.4 Å². The molecule has 0 aliphatic carbocycles. The van der Waals surface area contributed by atoms with Crippen molar-refractivity contribution >= 4 is 45.5 Å². The van der Waals surface area contributed by atoms with E-state index in [1.165, 1.54) is 2.88 Å². The number of hydrogen-bond acceptors (Lipinski definition) is 2. The van der Waals surface area contributed by atoms with Gasteiger partial charge in [0, 0.05) is 0 Å². The van der Waals surface area contributed by atoms with E-state index in [1.807, 2.05) is 19.1 Å². The van der Waals surface area contributed by atoms with Gasteiger partial charge in [-0.2, -0.15) is 0 Å². The minimum absolute atomic E-state index is 0.0839. The molecular formula is C13H12ClIOS. The molecule has 1 aromatic heterocycles. The molecule has 1 atom stereocenters. The molecule has 0 saturated carbocycles. The van der Waals surface area contributed by atoms with Crippen molar-refractivity contribution in [1.82, 2.24) is 0 Å². The Balaban J connectivity index is 2.31. The third-order valence-electron chi connectivity index (χ3n) is 2.59. The van der Waals surface area contributed by atoms with E-state index in [1.54, 1.807) is 18.4 Å². The van der Waals surface area contributed by atoms with Crippen LogP contribution in [0, 0.1) is 9.81 Å². The van der Waals surface area contributed by atoms with Crippen LogP contribution in [0.3, 0.4) is 0 Å². The molecule has 0 amide bonds. The number of hydrogen-bond donors (Lipinski definition) is 0. The Labute approximate surface area is 124 Å². The van der Waals surface area contributed by atoms with E-state index >= 15 is 0 Å². The summed E-state index contributed by atoms with van der Waals surface area (Å²) in [5.74, 6) is 0.900. The van der Waals surface area contributed by atoms with E-state index in [9.17, 15) is 0 Å². The van der Waals surface area contributed by atoms with Gasteiger partial charge < -0.3 is 4.74 Å². The predicted molar refractivity (Wildman–Crippen MR) is 82.5 cm³/mol. The lowest BCUT2D eigenvalue weighted by molar-refractivity contribution is 0.411. The number of thiophene rings is 1. The smallest absolute Gasteiger partial charge is 0.121 e. The molecule has 1 unspecified atom stereocenters. The summed E-state index contributed by atoms with van der Waals surface area (Å²) >= 11 is 10.5. The zero-order valence-corrected chi connectivity index (χ0v) is 13.3. The van der Waals surface area contributed by atoms with Crippen LogP contribution in [-0.4, -0.2) is 7.11 Å². The molecule has 90 valence electrons. The fourth-order valence-corrected chi connectivity index (χ4v) is 3.44. The number of methoxy groups -OCH3 is 1. The Morgan fingerprint density at radius 1 is 1.29 bits per heavy atom. The molecule has 2 aromatic rings. The maximum absolute atomic E-state index is 6.47. The predicted octanol–water partition coefficient (Wildman–Crippen LogP) is 5.00. The van der Waals surface area contributed by atoms with Crippen LogP contribution in [0.2, 0.25) is 0 Å². The van der Waals surface area contributed by atoms with Gasteiger partial charge >= 0.3 is 0 Å². The van der Waals surface area contributed by atoms with Gasteiger partial charge in [0.25, 0.3) is 0 Å². The van der Waals surface area contributed by atoms with Crippen molar-refractivity contribution in [1.29, 1.82) is 0 Å². The Morgan fingerprint density at radius 2 is 2.06 bits per heavy atom. The first-order chi connectivity index (χ1) is 8.11. The molecule has 0 bridgehead atoms. The minimum Gasteiger partial charge on any atom is -0.496 e. The summed E-state index contributed by atoms with van der Waals surface area (Å²) in [6.45, 7) is 2.03. The second-order valence-electron chi connectivity index (χ2n) is 3.78. The molecular weight excluding hydrogens is 367 g/mol. The van der Waals surface area contributed by atoms with Gasteiger partial charge in [-0.1, -0.05) is 12.1 Å². The first-order valence-corrected chi connectivity index (χ1v) is 7.54. The number of ether oxygens (including phenoxy) is 1. The van der Waals surface area contributed by atoms with Crippen LogP contribution in [0.5, 0.6) is 5.75 Å². The zero-order chi connectivity index (χ0) is 12.4. The van der Waals surface area contributed by atoms with E-state index in [-0.39, 0.29) is 5.38 Å². The molecule has 0 aliphatic heterocycles. The van der Waals surface area contributed by atoms with Crippen molar-refractivity contribution in [3.05, 3.63) is 49.2 Å². The summed E-state index contributed by atoms with van der Waals surface area (Å²) in [5, 5.41) is 2.03. The molecule has 0 N–H and O–H groups in total. The quantitative estimate of drug-likeness (QED) is 0.539. The highest BCUT2D eigenvalue weighted by molar-refractivity contribution is 14.1. The van der Waals surface area contributed by atoms with Crippen molar-refractivity contribution in [2.24, 2.45) is 0 Å². The third-order valence-corrected chi connectivity index (χ3v) is 4.90. The lowest BCUT2D eigenvalue weighted by Crippen LogP contribution is -1.94. The van der Waals surface area contributed by atoms with Gasteiger partial charge in [0.15, 0.2) is 0 Å². The molecule has 1 heterocycles.